The Morgan fingerprint density at radius 3 is 1.09 bits per heavy atom. The fourth-order valence-corrected chi connectivity index (χ4v) is 12.7. The maximum Gasteiger partial charge on any atom is 0.144 e. The first-order valence-corrected chi connectivity index (χ1v) is 33.0. The first-order chi connectivity index (χ1) is 47.7. The van der Waals surface area contributed by atoms with E-state index in [0.29, 0.717) is 5.89 Å². The molecule has 0 spiro atoms. The number of hydrogen-bond donors (Lipinski definition) is 0. The maximum absolute atomic E-state index is 5.99. The molecule has 0 bridgehead atoms. The summed E-state index contributed by atoms with van der Waals surface area (Å²) in [5.41, 5.74) is 23.5. The smallest absolute Gasteiger partial charge is 0.144 e. The SMILES string of the molecule is Cc1nc(-c2[c-]cccc2)n(C)c1-c1ccc(-c2ccccc2)cc1.Cc1nc(-c2[c-]cccc2)oc1-c1ccc(-c2ccccc2)cc1.Cc1nc(-c2[c-]cccc2)sc1-c1ccc(-c2ccccc2)cc1.Cn1c(-c2ccc(-c3ccccc3)cc2)cnc1-c1[c-]cccc1.[Ir].[Ir].[Ir].[Ir]. The van der Waals surface area contributed by atoms with Crippen LogP contribution in [0.15, 0.2) is 326 Å². The number of hydrogen-bond acceptors (Lipinski definition) is 6. The van der Waals surface area contributed by atoms with E-state index < -0.39 is 0 Å². The van der Waals surface area contributed by atoms with Gasteiger partial charge in [0, 0.05) is 122 Å². The molecule has 0 saturated heterocycles. The van der Waals surface area contributed by atoms with Crippen molar-refractivity contribution >= 4 is 11.3 Å². The quantitative estimate of drug-likeness (QED) is 0.114. The molecule has 0 N–H and O–H groups in total. The second-order valence-corrected chi connectivity index (χ2v) is 24.2. The Bertz CT molecular complexity index is 4860. The van der Waals surface area contributed by atoms with E-state index in [9.17, 15) is 0 Å². The molecule has 4 heterocycles. The van der Waals surface area contributed by atoms with Gasteiger partial charge in [0.25, 0.3) is 0 Å². The summed E-state index contributed by atoms with van der Waals surface area (Å²) in [6.45, 7) is 6.10. The minimum absolute atomic E-state index is 0. The summed E-state index contributed by atoms with van der Waals surface area (Å²) < 4.78 is 10.3. The third-order valence-electron chi connectivity index (χ3n) is 16.7. The standard InChI is InChI=1S/C23H19N2.C22H17N2.C22H16NO.C22H16NS.4Ir/c1-17-22(25(2)23(24-17)21-11-7-4-8-12-21)20-15-13-19(14-16-20)18-9-5-3-6-10-18;1-24-21(16-23-22(24)20-10-6-3-7-11-20)19-14-12-18(13-15-19)17-8-4-2-5-9-17;2*1-16-21(24-22(23-16)20-10-6-3-7-11-20)19-14-12-18(13-15-19)17-8-4-2-5-9-17;;;;/h3-11,13-16H,1-2H3;2-10,12-16H,1H3;2*2-10,12-15H,1H3;;;;/q4*-1;;;;. The topological polar surface area (TPSA) is 74.6 Å². The van der Waals surface area contributed by atoms with E-state index in [4.69, 9.17) is 14.4 Å². The molecule has 0 atom stereocenters. The van der Waals surface area contributed by atoms with E-state index in [-0.39, 0.29) is 80.4 Å². The van der Waals surface area contributed by atoms with Crippen LogP contribution >= 0.6 is 11.3 Å². The zero-order valence-electron chi connectivity index (χ0n) is 55.9. The molecule has 0 saturated carbocycles. The molecule has 16 rings (SSSR count). The minimum Gasteiger partial charge on any atom is -0.481 e. The Hall–Kier alpha value is -9.50. The Morgan fingerprint density at radius 1 is 0.307 bits per heavy atom. The zero-order chi connectivity index (χ0) is 66.3. The molecule has 12 heteroatoms. The predicted octanol–water partition coefficient (Wildman–Crippen LogP) is 22.8. The first kappa shape index (κ1) is 75.7. The van der Waals surface area contributed by atoms with Gasteiger partial charge in [-0.15, -0.1) is 138 Å². The molecular formula is C89H68Ir4N6OS-4. The number of oxazole rings is 1. The molecule has 0 amide bonds. The van der Waals surface area contributed by atoms with Crippen LogP contribution in [0, 0.1) is 45.0 Å². The monoisotopic (exact) mass is 2040 g/mol. The van der Waals surface area contributed by atoms with Crippen molar-refractivity contribution in [2.45, 2.75) is 20.8 Å². The van der Waals surface area contributed by atoms with E-state index in [1.54, 1.807) is 11.3 Å². The normalized spacial score (nSPS) is 10.3. The summed E-state index contributed by atoms with van der Waals surface area (Å²) >= 11 is 1.73. The van der Waals surface area contributed by atoms with E-state index in [1.807, 2.05) is 148 Å². The fraction of sp³-hybridized carbons (Fsp3) is 0.0562. The summed E-state index contributed by atoms with van der Waals surface area (Å²) in [5, 5.41) is 1.02. The molecule has 0 aliphatic heterocycles. The summed E-state index contributed by atoms with van der Waals surface area (Å²) in [5.74, 6) is 3.29. The molecule has 0 aliphatic rings. The summed E-state index contributed by atoms with van der Waals surface area (Å²) in [6, 6.07) is 121. The van der Waals surface area contributed by atoms with Crippen LogP contribution in [0.2, 0.25) is 0 Å². The van der Waals surface area contributed by atoms with Crippen LogP contribution in [0.5, 0.6) is 0 Å². The first-order valence-electron chi connectivity index (χ1n) is 32.2. The Kier molecular flexibility index (Phi) is 27.5. The molecule has 101 heavy (non-hydrogen) atoms. The number of aryl methyl sites for hydroxylation is 3. The van der Waals surface area contributed by atoms with Crippen LogP contribution < -0.4 is 0 Å². The van der Waals surface area contributed by atoms with Crippen molar-refractivity contribution in [3.63, 3.8) is 0 Å². The van der Waals surface area contributed by atoms with Gasteiger partial charge in [0.15, 0.2) is 0 Å². The van der Waals surface area contributed by atoms with Crippen LogP contribution in [0.4, 0.5) is 0 Å². The minimum atomic E-state index is 0. The van der Waals surface area contributed by atoms with Gasteiger partial charge in [-0.2, -0.15) is 11.3 Å². The molecule has 4 aromatic heterocycles. The summed E-state index contributed by atoms with van der Waals surface area (Å²) in [4.78, 5) is 19.8. The molecule has 0 aliphatic carbocycles. The van der Waals surface area contributed by atoms with Gasteiger partial charge in [0.05, 0.1) is 34.4 Å². The second-order valence-electron chi connectivity index (χ2n) is 23.2. The zero-order valence-corrected chi connectivity index (χ0v) is 66.3. The van der Waals surface area contributed by atoms with Crippen LogP contribution in [0.1, 0.15) is 17.1 Å². The van der Waals surface area contributed by atoms with E-state index in [1.165, 1.54) is 60.5 Å². The molecule has 7 nitrogen and oxygen atoms in total. The Morgan fingerprint density at radius 2 is 0.663 bits per heavy atom. The summed E-state index contributed by atoms with van der Waals surface area (Å²) in [7, 11) is 4.11. The predicted molar refractivity (Wildman–Crippen MR) is 400 cm³/mol. The number of nitrogens with zero attached hydrogens (tertiary/aromatic N) is 6. The number of imidazole rings is 2. The molecule has 16 aromatic rings. The van der Waals surface area contributed by atoms with Crippen molar-refractivity contribution in [3.05, 3.63) is 363 Å². The number of thiazole rings is 1. The molecule has 0 unspecified atom stereocenters. The van der Waals surface area contributed by atoms with Gasteiger partial charge < -0.3 is 13.6 Å². The van der Waals surface area contributed by atoms with Gasteiger partial charge in [0.1, 0.15) is 11.7 Å². The van der Waals surface area contributed by atoms with Crippen LogP contribution in [-0.2, 0) is 94.5 Å². The van der Waals surface area contributed by atoms with E-state index in [2.05, 4.69) is 252 Å². The fourth-order valence-electron chi connectivity index (χ4n) is 11.7. The summed E-state index contributed by atoms with van der Waals surface area (Å²) in [6.07, 6.45) is 1.92. The Balaban J connectivity index is 0.000000155. The van der Waals surface area contributed by atoms with Gasteiger partial charge in [-0.25, -0.2) is 0 Å². The van der Waals surface area contributed by atoms with Crippen molar-refractivity contribution in [1.82, 2.24) is 29.1 Å². The van der Waals surface area contributed by atoms with Gasteiger partial charge >= 0.3 is 0 Å². The van der Waals surface area contributed by atoms with E-state index >= 15 is 0 Å². The number of rotatable bonds is 12. The molecule has 12 aromatic carbocycles. The third kappa shape index (κ3) is 18.5. The Labute approximate surface area is 650 Å². The van der Waals surface area contributed by atoms with Crippen LogP contribution in [0.25, 0.3) is 134 Å². The van der Waals surface area contributed by atoms with E-state index in [0.717, 1.165) is 84.3 Å². The van der Waals surface area contributed by atoms with Crippen LogP contribution in [0.3, 0.4) is 0 Å². The van der Waals surface area contributed by atoms with Gasteiger partial charge in [0.2, 0.25) is 0 Å². The third-order valence-corrected chi connectivity index (χ3v) is 17.9. The molecule has 0 fully saturated rings. The molecule has 506 valence electrons. The van der Waals surface area contributed by atoms with Crippen molar-refractivity contribution < 1.29 is 84.8 Å². The molecular weight excluding hydrogens is 1970 g/mol. The molecule has 4 radical (unpaired) electrons. The second kappa shape index (κ2) is 36.7. The average molecular weight is 2040 g/mol. The number of benzene rings is 12. The van der Waals surface area contributed by atoms with Crippen molar-refractivity contribution in [2.75, 3.05) is 0 Å². The van der Waals surface area contributed by atoms with Gasteiger partial charge in [-0.1, -0.05) is 224 Å². The van der Waals surface area contributed by atoms with Gasteiger partial charge in [-0.05, 0) is 82.0 Å². The van der Waals surface area contributed by atoms with Gasteiger partial charge in [-0.3, -0.25) is 19.9 Å². The van der Waals surface area contributed by atoms with Crippen molar-refractivity contribution in [3.8, 4) is 134 Å². The maximum atomic E-state index is 5.99. The average Bonchev–Trinajstić information content (AvgIpc) is 1.69. The van der Waals surface area contributed by atoms with Crippen molar-refractivity contribution in [2.24, 2.45) is 14.1 Å². The largest absolute Gasteiger partial charge is 0.481 e. The number of aromatic nitrogens is 6. The van der Waals surface area contributed by atoms with Crippen molar-refractivity contribution in [1.29, 1.82) is 0 Å². The van der Waals surface area contributed by atoms with Crippen LogP contribution in [-0.4, -0.2) is 29.1 Å².